The maximum atomic E-state index is 12.5. The molecule has 0 aliphatic carbocycles. The van der Waals surface area contributed by atoms with Gasteiger partial charge in [0.05, 0.1) is 32.7 Å². The lowest BCUT2D eigenvalue weighted by Gasteiger charge is -2.27. The number of nitrogens with two attached hydrogens (primary N) is 1. The molecule has 2 unspecified atom stereocenters. The summed E-state index contributed by atoms with van der Waals surface area (Å²) in [5.41, 5.74) is 5.62. The summed E-state index contributed by atoms with van der Waals surface area (Å²) in [6.45, 7) is -1.67. The van der Waals surface area contributed by atoms with E-state index >= 15 is 0 Å². The quantitative estimate of drug-likeness (QED) is 0.718. The molecular formula is C11H17F3N2O4. The Kier molecular flexibility index (Phi) is 5.75. The molecule has 9 heteroatoms. The van der Waals surface area contributed by atoms with Gasteiger partial charge in [-0.05, 0) is 0 Å². The standard InChI is InChI=1S/C11H17F3N2O4/c1-19-9(17)2-3-16(6-11(12,13)14)10(18)7-4-20-5-8(7)15/h7-8H,2-6,15H2,1H3. The highest BCUT2D eigenvalue weighted by molar-refractivity contribution is 5.80. The number of hydrogen-bond acceptors (Lipinski definition) is 5. The molecule has 0 aromatic heterocycles. The second-order valence-corrected chi connectivity index (χ2v) is 4.51. The van der Waals surface area contributed by atoms with Gasteiger partial charge in [0.15, 0.2) is 0 Å². The number of carbonyl (C=O) groups excluding carboxylic acids is 2. The van der Waals surface area contributed by atoms with Gasteiger partial charge in [-0.3, -0.25) is 9.59 Å². The van der Waals surface area contributed by atoms with E-state index in [-0.39, 0.29) is 26.2 Å². The van der Waals surface area contributed by atoms with E-state index in [2.05, 4.69) is 4.74 Å². The van der Waals surface area contributed by atoms with Crippen molar-refractivity contribution in [2.45, 2.75) is 18.6 Å². The highest BCUT2D eigenvalue weighted by Gasteiger charge is 2.39. The molecule has 1 heterocycles. The van der Waals surface area contributed by atoms with Crippen LogP contribution in [0.25, 0.3) is 0 Å². The summed E-state index contributed by atoms with van der Waals surface area (Å²) in [6.07, 6.45) is -4.85. The van der Waals surface area contributed by atoms with Crippen LogP contribution >= 0.6 is 0 Å². The molecule has 1 saturated heterocycles. The number of alkyl halides is 3. The first kappa shape index (κ1) is 16.7. The summed E-state index contributed by atoms with van der Waals surface area (Å²) < 4.78 is 46.8. The molecule has 0 radical (unpaired) electrons. The van der Waals surface area contributed by atoms with Crippen molar-refractivity contribution in [3.8, 4) is 0 Å². The first-order chi connectivity index (χ1) is 9.24. The Morgan fingerprint density at radius 3 is 2.50 bits per heavy atom. The zero-order chi connectivity index (χ0) is 15.3. The molecule has 1 aliphatic rings. The highest BCUT2D eigenvalue weighted by atomic mass is 19.4. The second-order valence-electron chi connectivity index (χ2n) is 4.51. The highest BCUT2D eigenvalue weighted by Crippen LogP contribution is 2.21. The molecule has 0 saturated carbocycles. The maximum Gasteiger partial charge on any atom is 0.406 e. The fraction of sp³-hybridized carbons (Fsp3) is 0.818. The van der Waals surface area contributed by atoms with Crippen molar-refractivity contribution in [2.24, 2.45) is 11.7 Å². The molecule has 2 N–H and O–H groups in total. The van der Waals surface area contributed by atoms with E-state index in [0.29, 0.717) is 4.90 Å². The fourth-order valence-electron chi connectivity index (χ4n) is 1.87. The molecular weight excluding hydrogens is 281 g/mol. The zero-order valence-electron chi connectivity index (χ0n) is 11.0. The van der Waals surface area contributed by atoms with Crippen LogP contribution in [0.15, 0.2) is 0 Å². The number of hydrogen-bond donors (Lipinski definition) is 1. The van der Waals surface area contributed by atoms with Gasteiger partial charge in [-0.2, -0.15) is 13.2 Å². The van der Waals surface area contributed by atoms with E-state index in [9.17, 15) is 22.8 Å². The number of nitrogens with zero attached hydrogens (tertiary/aromatic N) is 1. The molecule has 0 spiro atoms. The van der Waals surface area contributed by atoms with Crippen molar-refractivity contribution >= 4 is 11.9 Å². The van der Waals surface area contributed by atoms with Gasteiger partial charge in [-0.1, -0.05) is 0 Å². The number of carbonyl (C=O) groups is 2. The first-order valence-electron chi connectivity index (χ1n) is 6.00. The second kappa shape index (κ2) is 6.89. The van der Waals surface area contributed by atoms with Gasteiger partial charge in [0.1, 0.15) is 6.54 Å². The third-order valence-corrected chi connectivity index (χ3v) is 2.94. The van der Waals surface area contributed by atoms with Crippen LogP contribution < -0.4 is 5.73 Å². The van der Waals surface area contributed by atoms with Gasteiger partial charge in [-0.15, -0.1) is 0 Å². The normalized spacial score (nSPS) is 22.6. The molecule has 0 bridgehead atoms. The average molecular weight is 298 g/mol. The fourth-order valence-corrected chi connectivity index (χ4v) is 1.87. The minimum atomic E-state index is -4.55. The Hall–Kier alpha value is -1.35. The monoisotopic (exact) mass is 298 g/mol. The van der Waals surface area contributed by atoms with Crippen molar-refractivity contribution in [1.29, 1.82) is 0 Å². The van der Waals surface area contributed by atoms with E-state index in [4.69, 9.17) is 10.5 Å². The molecule has 6 nitrogen and oxygen atoms in total. The van der Waals surface area contributed by atoms with Crippen LogP contribution in [-0.4, -0.2) is 62.4 Å². The Balaban J connectivity index is 2.70. The van der Waals surface area contributed by atoms with Crippen LogP contribution in [0, 0.1) is 5.92 Å². The van der Waals surface area contributed by atoms with Crippen LogP contribution in [0.2, 0.25) is 0 Å². The van der Waals surface area contributed by atoms with E-state index < -0.39 is 36.6 Å². The largest absolute Gasteiger partial charge is 0.469 e. The van der Waals surface area contributed by atoms with Crippen LogP contribution in [0.5, 0.6) is 0 Å². The molecule has 116 valence electrons. The Labute approximate surface area is 114 Å². The maximum absolute atomic E-state index is 12.5. The molecule has 1 amide bonds. The smallest absolute Gasteiger partial charge is 0.406 e. The van der Waals surface area contributed by atoms with E-state index in [1.54, 1.807) is 0 Å². The zero-order valence-corrected chi connectivity index (χ0v) is 11.0. The summed E-state index contributed by atoms with van der Waals surface area (Å²) >= 11 is 0. The van der Waals surface area contributed by atoms with Crippen molar-refractivity contribution in [3.63, 3.8) is 0 Å². The van der Waals surface area contributed by atoms with Crippen molar-refractivity contribution in [1.82, 2.24) is 4.90 Å². The number of halogens is 3. The van der Waals surface area contributed by atoms with Crippen LogP contribution in [0.1, 0.15) is 6.42 Å². The molecule has 0 aromatic rings. The Morgan fingerprint density at radius 2 is 2.05 bits per heavy atom. The minimum absolute atomic E-state index is 0.00736. The predicted octanol–water partition coefficient (Wildman–Crippen LogP) is -0.0859. The summed E-state index contributed by atoms with van der Waals surface area (Å²) in [5.74, 6) is -2.25. The lowest BCUT2D eigenvalue weighted by molar-refractivity contribution is -0.165. The Bertz CT molecular complexity index is 362. The van der Waals surface area contributed by atoms with Crippen molar-refractivity contribution < 1.29 is 32.2 Å². The molecule has 1 aliphatic heterocycles. The lowest BCUT2D eigenvalue weighted by atomic mass is 10.0. The number of amides is 1. The van der Waals surface area contributed by atoms with Crippen molar-refractivity contribution in [2.75, 3.05) is 33.4 Å². The molecule has 1 fully saturated rings. The molecule has 20 heavy (non-hydrogen) atoms. The lowest BCUT2D eigenvalue weighted by Crippen LogP contribution is -2.47. The van der Waals surface area contributed by atoms with E-state index in [0.717, 1.165) is 7.11 Å². The number of methoxy groups -OCH3 is 1. The predicted molar refractivity (Wildman–Crippen MR) is 61.6 cm³/mol. The van der Waals surface area contributed by atoms with Gasteiger partial charge in [0.25, 0.3) is 0 Å². The average Bonchev–Trinajstić information content (AvgIpc) is 2.78. The molecule has 1 rings (SSSR count). The minimum Gasteiger partial charge on any atom is -0.469 e. The third kappa shape index (κ3) is 4.97. The van der Waals surface area contributed by atoms with Gasteiger partial charge >= 0.3 is 12.1 Å². The van der Waals surface area contributed by atoms with Gasteiger partial charge in [0.2, 0.25) is 5.91 Å². The summed E-state index contributed by atoms with van der Waals surface area (Å²) in [4.78, 5) is 23.6. The van der Waals surface area contributed by atoms with Crippen LogP contribution in [0.3, 0.4) is 0 Å². The van der Waals surface area contributed by atoms with E-state index in [1.807, 2.05) is 0 Å². The number of rotatable bonds is 5. The topological polar surface area (TPSA) is 81.9 Å². The summed E-state index contributed by atoms with van der Waals surface area (Å²) in [5, 5.41) is 0. The number of esters is 1. The van der Waals surface area contributed by atoms with Gasteiger partial charge in [-0.25, -0.2) is 0 Å². The van der Waals surface area contributed by atoms with Crippen LogP contribution in [0.4, 0.5) is 13.2 Å². The third-order valence-electron chi connectivity index (χ3n) is 2.94. The molecule has 0 aromatic carbocycles. The Morgan fingerprint density at radius 1 is 1.40 bits per heavy atom. The van der Waals surface area contributed by atoms with Gasteiger partial charge in [0, 0.05) is 12.6 Å². The van der Waals surface area contributed by atoms with E-state index in [1.165, 1.54) is 0 Å². The number of ether oxygens (including phenoxy) is 2. The van der Waals surface area contributed by atoms with Gasteiger partial charge < -0.3 is 20.1 Å². The SMILES string of the molecule is COC(=O)CCN(CC(F)(F)F)C(=O)C1COCC1N. The summed E-state index contributed by atoms with van der Waals surface area (Å²) in [7, 11) is 1.12. The summed E-state index contributed by atoms with van der Waals surface area (Å²) in [6, 6.07) is -0.628. The van der Waals surface area contributed by atoms with Crippen LogP contribution in [-0.2, 0) is 19.1 Å². The molecule has 2 atom stereocenters. The van der Waals surface area contributed by atoms with Crippen molar-refractivity contribution in [3.05, 3.63) is 0 Å². The first-order valence-corrected chi connectivity index (χ1v) is 6.00.